The first kappa shape index (κ1) is 39.8. The van der Waals surface area contributed by atoms with Crippen LogP contribution in [0.4, 0.5) is 11.5 Å². The Morgan fingerprint density at radius 1 is 0.885 bits per heavy atom. The fraction of sp³-hybridized carbons (Fsp3) is 0.578. The zero-order chi connectivity index (χ0) is 41.8. The first-order chi connectivity index (χ1) is 29.6. The number of carbonyl (C=O) groups excluding carboxylic acids is 3. The summed E-state index contributed by atoms with van der Waals surface area (Å²) in [5.74, 6) is 2.73. The van der Waals surface area contributed by atoms with Crippen molar-refractivity contribution < 1.29 is 23.9 Å². The van der Waals surface area contributed by atoms with Crippen molar-refractivity contribution in [3.63, 3.8) is 0 Å². The highest BCUT2D eigenvalue weighted by Gasteiger charge is 2.42. The average molecular weight is 832 g/mol. The molecule has 0 spiro atoms. The Morgan fingerprint density at radius 2 is 1.66 bits per heavy atom. The number of fused-ring (bicyclic) bond motifs is 2. The van der Waals surface area contributed by atoms with Crippen LogP contribution in [0.25, 0.3) is 22.3 Å². The third kappa shape index (κ3) is 8.00. The second-order valence-electron chi connectivity index (χ2n) is 18.5. The van der Waals surface area contributed by atoms with Crippen LogP contribution < -0.4 is 24.6 Å². The number of imide groups is 1. The number of ether oxygens (including phenoxy) is 2. The fourth-order valence-electron chi connectivity index (χ4n) is 10.3. The first-order valence-electron chi connectivity index (χ1n) is 22.3. The highest BCUT2D eigenvalue weighted by molar-refractivity contribution is 6.06. The number of H-pyrrole nitrogens is 1. The van der Waals surface area contributed by atoms with E-state index in [1.807, 2.05) is 18.2 Å². The van der Waals surface area contributed by atoms with Crippen LogP contribution in [0.3, 0.4) is 0 Å². The third-order valence-corrected chi connectivity index (χ3v) is 14.2. The van der Waals surface area contributed by atoms with E-state index in [9.17, 15) is 14.4 Å². The molecule has 1 aromatic carbocycles. The smallest absolute Gasteiger partial charge is 0.255 e. The van der Waals surface area contributed by atoms with Gasteiger partial charge in [-0.1, -0.05) is 0 Å². The number of aromatic amines is 1. The van der Waals surface area contributed by atoms with Crippen LogP contribution in [-0.4, -0.2) is 141 Å². The number of methoxy groups -OCH3 is 1. The molecule has 1 saturated carbocycles. The summed E-state index contributed by atoms with van der Waals surface area (Å²) in [6, 6.07) is 7.80. The number of anilines is 2. The second-order valence-corrected chi connectivity index (χ2v) is 18.5. The topological polar surface area (TPSA) is 165 Å². The van der Waals surface area contributed by atoms with E-state index in [4.69, 9.17) is 9.47 Å². The van der Waals surface area contributed by atoms with E-state index in [0.29, 0.717) is 42.3 Å². The lowest BCUT2D eigenvalue weighted by molar-refractivity contribution is -0.136. The molecule has 3 amide bonds. The average Bonchev–Trinajstić information content (AvgIpc) is 3.68. The standard InChI is InChI=1S/C45H57N11O5/c1-28-23-52(24-29-10-16-54(17-11-29)38-21-34(47-27-48-38)41-32-20-40(61-45(2)12-13-45)46-22-35(32)50-51-41)18-19-55(28)25-30-8-14-53(15-9-30)36-5-4-31-33(42(36)60-3)26-56(44(31)59)37-6-7-39(57)49-43(37)58/h4-5,20-22,27-30,37H,6-19,23-26H2,1-3H3,(H,50,51)(H,49,57,58)/t28-,37?/m1/s1. The maximum Gasteiger partial charge on any atom is 0.255 e. The molecule has 5 aliphatic heterocycles. The van der Waals surface area contributed by atoms with E-state index in [0.717, 1.165) is 143 Å². The normalized spacial score (nSPS) is 24.0. The molecule has 0 bridgehead atoms. The Balaban J connectivity index is 0.686. The van der Waals surface area contributed by atoms with E-state index in [2.05, 4.69) is 70.0 Å². The minimum Gasteiger partial charge on any atom is -0.494 e. The van der Waals surface area contributed by atoms with Gasteiger partial charge < -0.3 is 29.1 Å². The summed E-state index contributed by atoms with van der Waals surface area (Å²) >= 11 is 0. The number of hydrogen-bond donors (Lipinski definition) is 2. The van der Waals surface area contributed by atoms with Gasteiger partial charge in [-0.2, -0.15) is 5.10 Å². The van der Waals surface area contributed by atoms with Crippen LogP contribution in [0.15, 0.2) is 36.8 Å². The Hall–Kier alpha value is -5.35. The summed E-state index contributed by atoms with van der Waals surface area (Å²) in [6.45, 7) is 14.2. The third-order valence-electron chi connectivity index (χ3n) is 14.2. The summed E-state index contributed by atoms with van der Waals surface area (Å²) in [4.78, 5) is 63.3. The summed E-state index contributed by atoms with van der Waals surface area (Å²) < 4.78 is 12.1. The van der Waals surface area contributed by atoms with Crippen molar-refractivity contribution >= 4 is 40.1 Å². The van der Waals surface area contributed by atoms with Crippen LogP contribution >= 0.6 is 0 Å². The molecular formula is C45H57N11O5. The summed E-state index contributed by atoms with van der Waals surface area (Å²) in [5.41, 5.74) is 4.76. The second kappa shape index (κ2) is 16.2. The Morgan fingerprint density at radius 3 is 2.39 bits per heavy atom. The van der Waals surface area contributed by atoms with E-state index >= 15 is 0 Å². The molecule has 16 heteroatoms. The molecule has 16 nitrogen and oxygen atoms in total. The van der Waals surface area contributed by atoms with E-state index in [-0.39, 0.29) is 23.8 Å². The fourth-order valence-corrected chi connectivity index (χ4v) is 10.3. The van der Waals surface area contributed by atoms with Crippen molar-refractivity contribution in [2.24, 2.45) is 11.8 Å². The van der Waals surface area contributed by atoms with E-state index < -0.39 is 11.9 Å². The summed E-state index contributed by atoms with van der Waals surface area (Å²) in [6.07, 6.45) is 10.6. The van der Waals surface area contributed by atoms with Crippen LogP contribution in [0, 0.1) is 11.8 Å². The Labute approximate surface area is 356 Å². The van der Waals surface area contributed by atoms with Crippen LogP contribution in [0.1, 0.15) is 81.1 Å². The molecule has 5 fully saturated rings. The van der Waals surface area contributed by atoms with Crippen molar-refractivity contribution in [2.45, 2.75) is 89.4 Å². The minimum atomic E-state index is -0.643. The van der Waals surface area contributed by atoms with Gasteiger partial charge in [-0.15, -0.1) is 0 Å². The molecule has 10 rings (SSSR count). The van der Waals surface area contributed by atoms with Gasteiger partial charge in [0.15, 0.2) is 0 Å². The number of piperidine rings is 3. The molecule has 2 N–H and O–H groups in total. The van der Waals surface area contributed by atoms with E-state index in [1.165, 1.54) is 0 Å². The lowest BCUT2D eigenvalue weighted by Gasteiger charge is -2.44. The number of benzene rings is 1. The molecular weight excluding hydrogens is 775 g/mol. The monoisotopic (exact) mass is 831 g/mol. The minimum absolute atomic E-state index is 0.102. The van der Waals surface area contributed by atoms with Gasteiger partial charge in [0.1, 0.15) is 35.2 Å². The number of hydrogen-bond acceptors (Lipinski definition) is 13. The maximum atomic E-state index is 13.4. The molecule has 2 atom stereocenters. The molecule has 0 radical (unpaired) electrons. The zero-order valence-corrected chi connectivity index (χ0v) is 35.6. The van der Waals surface area contributed by atoms with Gasteiger partial charge in [-0.25, -0.2) is 15.0 Å². The van der Waals surface area contributed by atoms with Crippen molar-refractivity contribution in [1.82, 2.24) is 45.2 Å². The van der Waals surface area contributed by atoms with Gasteiger partial charge in [0.05, 0.1) is 36.7 Å². The molecule has 1 unspecified atom stereocenters. The quantitative estimate of drug-likeness (QED) is 0.206. The Bertz CT molecular complexity index is 2310. The maximum absolute atomic E-state index is 13.4. The highest BCUT2D eigenvalue weighted by atomic mass is 16.5. The number of nitrogens with zero attached hydrogens (tertiary/aromatic N) is 9. The molecule has 322 valence electrons. The van der Waals surface area contributed by atoms with Gasteiger partial charge in [0.2, 0.25) is 17.7 Å². The van der Waals surface area contributed by atoms with Gasteiger partial charge in [-0.05, 0) is 82.8 Å². The van der Waals surface area contributed by atoms with Crippen molar-refractivity contribution in [3.05, 3.63) is 47.9 Å². The predicted octanol–water partition coefficient (Wildman–Crippen LogP) is 4.25. The van der Waals surface area contributed by atoms with Crippen molar-refractivity contribution in [1.29, 1.82) is 0 Å². The molecule has 4 aromatic rings. The number of rotatable bonds is 11. The van der Waals surface area contributed by atoms with Gasteiger partial charge >= 0.3 is 0 Å². The number of amides is 3. The SMILES string of the molecule is COc1c(N2CCC(CN3CCN(CC4CCN(c5cc(-c6n[nH]c7cnc(OC8(C)CC8)cc67)ncn5)CC4)C[C@H]3C)CC2)ccc2c1CN(C1CCC(=O)NC1=O)C2=O. The lowest BCUT2D eigenvalue weighted by Crippen LogP contribution is -2.54. The Kier molecular flexibility index (Phi) is 10.5. The molecule has 61 heavy (non-hydrogen) atoms. The van der Waals surface area contributed by atoms with Gasteiger partial charge in [0, 0.05) is 100 Å². The molecule has 4 saturated heterocycles. The molecule has 1 aliphatic carbocycles. The summed E-state index contributed by atoms with van der Waals surface area (Å²) in [7, 11) is 1.66. The number of nitrogens with one attached hydrogen (secondary N) is 2. The number of piperazine rings is 1. The van der Waals surface area contributed by atoms with Crippen molar-refractivity contribution in [3.8, 4) is 23.0 Å². The number of pyridine rings is 1. The predicted molar refractivity (Wildman–Crippen MR) is 230 cm³/mol. The molecule has 3 aromatic heterocycles. The largest absolute Gasteiger partial charge is 0.494 e. The van der Waals surface area contributed by atoms with Crippen LogP contribution in [-0.2, 0) is 16.1 Å². The van der Waals surface area contributed by atoms with E-state index in [1.54, 1.807) is 24.5 Å². The molecule has 6 aliphatic rings. The number of aromatic nitrogens is 5. The number of carbonyl (C=O) groups is 3. The zero-order valence-electron chi connectivity index (χ0n) is 35.6. The van der Waals surface area contributed by atoms with Crippen LogP contribution in [0.5, 0.6) is 11.6 Å². The van der Waals surface area contributed by atoms with Gasteiger partial charge in [0.25, 0.3) is 5.91 Å². The van der Waals surface area contributed by atoms with Gasteiger partial charge in [-0.3, -0.25) is 29.7 Å². The highest BCUT2D eigenvalue weighted by Crippen LogP contribution is 2.42. The molecule has 8 heterocycles. The summed E-state index contributed by atoms with van der Waals surface area (Å²) in [5, 5.41) is 11.1. The van der Waals surface area contributed by atoms with Crippen molar-refractivity contribution in [2.75, 3.05) is 75.8 Å². The first-order valence-corrected chi connectivity index (χ1v) is 22.3. The lowest BCUT2D eigenvalue weighted by atomic mass is 9.93. The van der Waals surface area contributed by atoms with Crippen LogP contribution in [0.2, 0.25) is 0 Å².